The Labute approximate surface area is 61.3 Å². The van der Waals surface area contributed by atoms with Gasteiger partial charge in [-0.2, -0.15) is 0 Å². The summed E-state index contributed by atoms with van der Waals surface area (Å²) in [5.74, 6) is 0. The lowest BCUT2D eigenvalue weighted by Crippen LogP contribution is -2.18. The van der Waals surface area contributed by atoms with Crippen LogP contribution in [0.4, 0.5) is 0 Å². The van der Waals surface area contributed by atoms with Crippen LogP contribution < -0.4 is 0 Å². The van der Waals surface area contributed by atoms with E-state index in [9.17, 15) is 4.79 Å². The molecule has 3 nitrogen and oxygen atoms in total. The predicted octanol–water partition coefficient (Wildman–Crippen LogP) is 0.973. The molecule has 0 aliphatic heterocycles. The lowest BCUT2D eigenvalue weighted by atomic mass is 10.4. The fourth-order valence-electron chi connectivity index (χ4n) is 0.462. The summed E-state index contributed by atoms with van der Waals surface area (Å²) in [6.45, 7) is 6.57. The van der Waals surface area contributed by atoms with Crippen LogP contribution in [-0.4, -0.2) is 25.3 Å². The van der Waals surface area contributed by atoms with Crippen molar-refractivity contribution in [2.24, 2.45) is 0 Å². The van der Waals surface area contributed by atoms with Gasteiger partial charge < -0.3 is 9.47 Å². The van der Waals surface area contributed by atoms with Crippen LogP contribution in [0.15, 0.2) is 0 Å². The third kappa shape index (κ3) is 5.56. The molecule has 1 atom stereocenters. The Morgan fingerprint density at radius 1 is 1.40 bits per heavy atom. The standard InChI is InChI=1S/C7H14O3/c1-6(2)9-4-7(3)10-5-8/h5-7H,4H2,1-3H3. The first-order valence-corrected chi connectivity index (χ1v) is 3.37. The van der Waals surface area contributed by atoms with E-state index >= 15 is 0 Å². The molecule has 10 heavy (non-hydrogen) atoms. The molecular formula is C7H14O3. The second-order valence-corrected chi connectivity index (χ2v) is 2.43. The van der Waals surface area contributed by atoms with Gasteiger partial charge in [-0.05, 0) is 20.8 Å². The summed E-state index contributed by atoms with van der Waals surface area (Å²) in [4.78, 5) is 9.78. The van der Waals surface area contributed by atoms with Crippen LogP contribution in [0.2, 0.25) is 0 Å². The Balaban J connectivity index is 3.20. The molecule has 0 amide bonds. The first-order chi connectivity index (χ1) is 4.66. The van der Waals surface area contributed by atoms with Crippen LogP contribution in [0.3, 0.4) is 0 Å². The Bertz CT molecular complexity index is 90.9. The van der Waals surface area contributed by atoms with Gasteiger partial charge in [0, 0.05) is 0 Å². The van der Waals surface area contributed by atoms with Gasteiger partial charge in [0.2, 0.25) is 0 Å². The van der Waals surface area contributed by atoms with E-state index in [0.717, 1.165) is 0 Å². The van der Waals surface area contributed by atoms with Crippen molar-refractivity contribution in [3.05, 3.63) is 0 Å². The zero-order chi connectivity index (χ0) is 7.98. The first-order valence-electron chi connectivity index (χ1n) is 3.37. The average Bonchev–Trinajstić information content (AvgIpc) is 1.85. The van der Waals surface area contributed by atoms with Gasteiger partial charge >= 0.3 is 0 Å². The van der Waals surface area contributed by atoms with Crippen molar-refractivity contribution in [3.8, 4) is 0 Å². The summed E-state index contributed by atoms with van der Waals surface area (Å²) in [6.07, 6.45) is 0.0533. The van der Waals surface area contributed by atoms with Crippen molar-refractivity contribution in [1.29, 1.82) is 0 Å². The molecule has 0 bridgehead atoms. The van der Waals surface area contributed by atoms with E-state index in [4.69, 9.17) is 4.74 Å². The van der Waals surface area contributed by atoms with Crippen LogP contribution in [0.25, 0.3) is 0 Å². The quantitative estimate of drug-likeness (QED) is 0.542. The third-order valence-electron chi connectivity index (χ3n) is 0.952. The lowest BCUT2D eigenvalue weighted by molar-refractivity contribution is -0.136. The number of rotatable bonds is 5. The molecule has 0 spiro atoms. The maximum atomic E-state index is 9.78. The number of hydrogen-bond acceptors (Lipinski definition) is 3. The van der Waals surface area contributed by atoms with E-state index in [1.54, 1.807) is 6.92 Å². The van der Waals surface area contributed by atoms with Gasteiger partial charge in [-0.25, -0.2) is 0 Å². The molecule has 0 aliphatic carbocycles. The summed E-state index contributed by atoms with van der Waals surface area (Å²) in [6, 6.07) is 0. The Morgan fingerprint density at radius 2 is 2.00 bits per heavy atom. The summed E-state index contributed by atoms with van der Waals surface area (Å²) >= 11 is 0. The summed E-state index contributed by atoms with van der Waals surface area (Å²) in [7, 11) is 0. The second kappa shape index (κ2) is 5.23. The van der Waals surface area contributed by atoms with Gasteiger partial charge in [0.05, 0.1) is 12.7 Å². The minimum atomic E-state index is -0.139. The number of ether oxygens (including phenoxy) is 2. The second-order valence-electron chi connectivity index (χ2n) is 2.43. The van der Waals surface area contributed by atoms with Crippen LogP contribution >= 0.6 is 0 Å². The third-order valence-corrected chi connectivity index (χ3v) is 0.952. The largest absolute Gasteiger partial charge is 0.462 e. The molecule has 0 saturated heterocycles. The molecule has 0 fully saturated rings. The van der Waals surface area contributed by atoms with Gasteiger partial charge in [-0.15, -0.1) is 0 Å². The first kappa shape index (κ1) is 9.43. The monoisotopic (exact) mass is 146 g/mol. The predicted molar refractivity (Wildman–Crippen MR) is 37.7 cm³/mol. The van der Waals surface area contributed by atoms with E-state index < -0.39 is 0 Å². The van der Waals surface area contributed by atoms with E-state index in [1.165, 1.54) is 0 Å². The summed E-state index contributed by atoms with van der Waals surface area (Å²) in [5.41, 5.74) is 0. The Morgan fingerprint density at radius 3 is 2.40 bits per heavy atom. The molecule has 0 heterocycles. The van der Waals surface area contributed by atoms with Crippen molar-refractivity contribution in [2.75, 3.05) is 6.61 Å². The van der Waals surface area contributed by atoms with Crippen molar-refractivity contribution in [3.63, 3.8) is 0 Å². The zero-order valence-electron chi connectivity index (χ0n) is 6.66. The van der Waals surface area contributed by atoms with Gasteiger partial charge in [-0.1, -0.05) is 0 Å². The molecule has 0 N–H and O–H groups in total. The molecule has 60 valence electrons. The lowest BCUT2D eigenvalue weighted by Gasteiger charge is -2.11. The van der Waals surface area contributed by atoms with Crippen molar-refractivity contribution >= 4 is 6.47 Å². The Kier molecular flexibility index (Phi) is 4.94. The van der Waals surface area contributed by atoms with Gasteiger partial charge in [0.25, 0.3) is 6.47 Å². The number of carbonyl (C=O) groups is 1. The molecule has 0 aliphatic rings. The fraction of sp³-hybridized carbons (Fsp3) is 0.857. The highest BCUT2D eigenvalue weighted by Gasteiger charge is 2.01. The van der Waals surface area contributed by atoms with E-state index in [0.29, 0.717) is 13.1 Å². The summed E-state index contributed by atoms with van der Waals surface area (Å²) < 4.78 is 9.76. The molecular weight excluding hydrogens is 132 g/mol. The highest BCUT2D eigenvalue weighted by atomic mass is 16.6. The normalized spacial score (nSPS) is 13.2. The van der Waals surface area contributed by atoms with Crippen molar-refractivity contribution in [2.45, 2.75) is 33.0 Å². The molecule has 0 saturated carbocycles. The molecule has 0 radical (unpaired) electrons. The average molecular weight is 146 g/mol. The molecule has 1 unspecified atom stereocenters. The van der Waals surface area contributed by atoms with Crippen LogP contribution in [0.1, 0.15) is 20.8 Å². The molecule has 0 rings (SSSR count). The number of hydrogen-bond donors (Lipinski definition) is 0. The fourth-order valence-corrected chi connectivity index (χ4v) is 0.462. The highest BCUT2D eigenvalue weighted by Crippen LogP contribution is 1.93. The molecule has 0 aromatic heterocycles. The van der Waals surface area contributed by atoms with Gasteiger partial charge in [0.1, 0.15) is 6.10 Å². The SMILES string of the molecule is CC(C)OCC(C)OC=O. The number of carbonyl (C=O) groups excluding carboxylic acids is 1. The van der Waals surface area contributed by atoms with Gasteiger partial charge in [-0.3, -0.25) is 4.79 Å². The van der Waals surface area contributed by atoms with Gasteiger partial charge in [0.15, 0.2) is 0 Å². The van der Waals surface area contributed by atoms with E-state index in [2.05, 4.69) is 4.74 Å². The highest BCUT2D eigenvalue weighted by molar-refractivity contribution is 5.37. The zero-order valence-corrected chi connectivity index (χ0v) is 6.66. The van der Waals surface area contributed by atoms with E-state index in [1.807, 2.05) is 13.8 Å². The van der Waals surface area contributed by atoms with Crippen LogP contribution in [0.5, 0.6) is 0 Å². The van der Waals surface area contributed by atoms with Crippen LogP contribution in [-0.2, 0) is 14.3 Å². The van der Waals surface area contributed by atoms with Crippen molar-refractivity contribution < 1.29 is 14.3 Å². The minimum Gasteiger partial charge on any atom is -0.462 e. The topological polar surface area (TPSA) is 35.5 Å². The Hall–Kier alpha value is -0.570. The summed E-state index contributed by atoms with van der Waals surface area (Å²) in [5, 5.41) is 0. The smallest absolute Gasteiger partial charge is 0.293 e. The maximum Gasteiger partial charge on any atom is 0.293 e. The maximum absolute atomic E-state index is 9.78. The molecule has 3 heteroatoms. The molecule has 0 aromatic rings. The van der Waals surface area contributed by atoms with E-state index in [-0.39, 0.29) is 12.2 Å². The molecule has 0 aromatic carbocycles. The van der Waals surface area contributed by atoms with Crippen LogP contribution in [0, 0.1) is 0 Å². The minimum absolute atomic E-state index is 0.139. The van der Waals surface area contributed by atoms with Crippen molar-refractivity contribution in [1.82, 2.24) is 0 Å².